The first-order chi connectivity index (χ1) is 13.7. The van der Waals surface area contributed by atoms with Gasteiger partial charge in [-0.05, 0) is 49.6 Å². The standard InChI is InChI=1S/C21H28FN5O/c1-3-28-18-7-4-6-16(14-18)9-12-25-21(23-2)26-17-10-13-27(15-17)20-19(22)8-5-11-24-20/h4-8,11,14,17H,3,9-10,12-13,15H2,1-2H3,(H2,23,25,26). The number of guanidine groups is 1. The fraction of sp³-hybridized carbons (Fsp3) is 0.429. The van der Waals surface area contributed by atoms with Crippen LogP contribution in [0.4, 0.5) is 10.2 Å². The maximum Gasteiger partial charge on any atom is 0.191 e. The van der Waals surface area contributed by atoms with Gasteiger partial charge in [0, 0.05) is 38.9 Å². The van der Waals surface area contributed by atoms with Gasteiger partial charge < -0.3 is 20.3 Å². The first-order valence-electron chi connectivity index (χ1n) is 9.74. The molecule has 1 fully saturated rings. The summed E-state index contributed by atoms with van der Waals surface area (Å²) in [6.07, 6.45) is 3.41. The number of pyridine rings is 1. The molecule has 1 unspecified atom stereocenters. The molecule has 2 aromatic rings. The Morgan fingerprint density at radius 2 is 2.25 bits per heavy atom. The number of rotatable bonds is 7. The normalized spacial score (nSPS) is 16.9. The zero-order valence-corrected chi connectivity index (χ0v) is 16.5. The Balaban J connectivity index is 1.46. The summed E-state index contributed by atoms with van der Waals surface area (Å²) in [4.78, 5) is 10.4. The number of hydrogen-bond donors (Lipinski definition) is 2. The van der Waals surface area contributed by atoms with Gasteiger partial charge in [-0.3, -0.25) is 4.99 Å². The van der Waals surface area contributed by atoms with E-state index in [4.69, 9.17) is 4.74 Å². The van der Waals surface area contributed by atoms with Crippen LogP contribution in [0.15, 0.2) is 47.6 Å². The molecule has 2 N–H and O–H groups in total. The van der Waals surface area contributed by atoms with Crippen LogP contribution < -0.4 is 20.3 Å². The third-order valence-corrected chi connectivity index (χ3v) is 4.71. The third-order valence-electron chi connectivity index (χ3n) is 4.71. The Labute approximate surface area is 165 Å². The average molecular weight is 385 g/mol. The molecule has 0 saturated carbocycles. The lowest BCUT2D eigenvalue weighted by atomic mass is 10.1. The lowest BCUT2D eigenvalue weighted by molar-refractivity contribution is 0.340. The average Bonchev–Trinajstić information content (AvgIpc) is 3.16. The second-order valence-electron chi connectivity index (χ2n) is 6.71. The van der Waals surface area contributed by atoms with Crippen LogP contribution in [0.3, 0.4) is 0 Å². The van der Waals surface area contributed by atoms with Crippen LogP contribution in [0.25, 0.3) is 0 Å². The zero-order valence-electron chi connectivity index (χ0n) is 16.5. The van der Waals surface area contributed by atoms with E-state index in [0.717, 1.165) is 37.6 Å². The quantitative estimate of drug-likeness (QED) is 0.567. The van der Waals surface area contributed by atoms with Gasteiger partial charge in [0.2, 0.25) is 0 Å². The Kier molecular flexibility index (Phi) is 7.06. The molecule has 1 atom stereocenters. The lowest BCUT2D eigenvalue weighted by Gasteiger charge is -2.20. The van der Waals surface area contributed by atoms with Gasteiger partial charge in [0.25, 0.3) is 0 Å². The number of nitrogens with one attached hydrogen (secondary N) is 2. The van der Waals surface area contributed by atoms with Crippen molar-refractivity contribution in [3.8, 4) is 5.75 Å². The minimum absolute atomic E-state index is 0.203. The summed E-state index contributed by atoms with van der Waals surface area (Å²) in [6, 6.07) is 11.4. The molecule has 1 aromatic carbocycles. The summed E-state index contributed by atoms with van der Waals surface area (Å²) >= 11 is 0. The van der Waals surface area contributed by atoms with E-state index < -0.39 is 0 Å². The van der Waals surface area contributed by atoms with Crippen LogP contribution in [-0.4, -0.2) is 50.3 Å². The second-order valence-corrected chi connectivity index (χ2v) is 6.71. The molecule has 3 rings (SSSR count). The smallest absolute Gasteiger partial charge is 0.191 e. The van der Waals surface area contributed by atoms with Crippen molar-refractivity contribution in [2.24, 2.45) is 4.99 Å². The Hall–Kier alpha value is -2.83. The predicted molar refractivity (Wildman–Crippen MR) is 111 cm³/mol. The highest BCUT2D eigenvalue weighted by Crippen LogP contribution is 2.20. The minimum Gasteiger partial charge on any atom is -0.494 e. The van der Waals surface area contributed by atoms with Crippen LogP contribution >= 0.6 is 0 Å². The van der Waals surface area contributed by atoms with Crippen molar-refractivity contribution in [1.82, 2.24) is 15.6 Å². The number of hydrogen-bond acceptors (Lipinski definition) is 4. The van der Waals surface area contributed by atoms with Gasteiger partial charge in [0.1, 0.15) is 5.75 Å². The predicted octanol–water partition coefficient (Wildman–Crippen LogP) is 2.61. The first kappa shape index (κ1) is 19.9. The van der Waals surface area contributed by atoms with Crippen LogP contribution in [0, 0.1) is 5.82 Å². The van der Waals surface area contributed by atoms with E-state index in [0.29, 0.717) is 19.0 Å². The van der Waals surface area contributed by atoms with Crippen molar-refractivity contribution < 1.29 is 9.13 Å². The van der Waals surface area contributed by atoms with Crippen LogP contribution in [0.5, 0.6) is 5.75 Å². The largest absolute Gasteiger partial charge is 0.494 e. The number of anilines is 1. The highest BCUT2D eigenvalue weighted by atomic mass is 19.1. The van der Waals surface area contributed by atoms with Crippen LogP contribution in [-0.2, 0) is 6.42 Å². The molecule has 6 nitrogen and oxygen atoms in total. The molecule has 7 heteroatoms. The van der Waals surface area contributed by atoms with E-state index in [9.17, 15) is 4.39 Å². The van der Waals surface area contributed by atoms with E-state index >= 15 is 0 Å². The molecule has 0 aliphatic carbocycles. The molecule has 150 valence electrons. The maximum absolute atomic E-state index is 13.9. The summed E-state index contributed by atoms with van der Waals surface area (Å²) in [5, 5.41) is 6.78. The van der Waals surface area contributed by atoms with Gasteiger partial charge in [-0.25, -0.2) is 9.37 Å². The number of aliphatic imine (C=N–C) groups is 1. The lowest BCUT2D eigenvalue weighted by Crippen LogP contribution is -2.45. The molecular formula is C21H28FN5O. The molecule has 0 amide bonds. The molecule has 1 aliphatic rings. The van der Waals surface area contributed by atoms with Crippen LogP contribution in [0.2, 0.25) is 0 Å². The van der Waals surface area contributed by atoms with Crippen molar-refractivity contribution in [2.75, 3.05) is 38.2 Å². The Morgan fingerprint density at radius 3 is 3.04 bits per heavy atom. The number of nitrogens with zero attached hydrogens (tertiary/aromatic N) is 3. The molecule has 0 bridgehead atoms. The SMILES string of the molecule is CCOc1cccc(CCNC(=NC)NC2CCN(c3ncccc3F)C2)c1. The highest BCUT2D eigenvalue weighted by molar-refractivity contribution is 5.80. The topological polar surface area (TPSA) is 61.8 Å². The van der Waals surface area contributed by atoms with E-state index in [1.54, 1.807) is 19.3 Å². The zero-order chi connectivity index (χ0) is 19.8. The first-order valence-corrected chi connectivity index (χ1v) is 9.74. The van der Waals surface area contributed by atoms with Gasteiger partial charge in [-0.2, -0.15) is 0 Å². The van der Waals surface area contributed by atoms with E-state index in [2.05, 4.69) is 32.7 Å². The van der Waals surface area contributed by atoms with Crippen molar-refractivity contribution in [3.05, 3.63) is 54.0 Å². The Morgan fingerprint density at radius 1 is 1.36 bits per heavy atom. The molecular weight excluding hydrogens is 357 g/mol. The van der Waals surface area contributed by atoms with Crippen molar-refractivity contribution in [3.63, 3.8) is 0 Å². The van der Waals surface area contributed by atoms with E-state index in [1.165, 1.54) is 11.6 Å². The van der Waals surface area contributed by atoms with Gasteiger partial charge >= 0.3 is 0 Å². The van der Waals surface area contributed by atoms with E-state index in [-0.39, 0.29) is 11.9 Å². The maximum atomic E-state index is 13.9. The number of ether oxygens (including phenoxy) is 1. The number of benzene rings is 1. The molecule has 1 aliphatic heterocycles. The molecule has 1 saturated heterocycles. The highest BCUT2D eigenvalue weighted by Gasteiger charge is 2.25. The summed E-state index contributed by atoms with van der Waals surface area (Å²) in [6.45, 7) is 4.88. The van der Waals surface area contributed by atoms with Crippen LogP contribution in [0.1, 0.15) is 18.9 Å². The molecule has 0 radical (unpaired) electrons. The van der Waals surface area contributed by atoms with Crippen molar-refractivity contribution in [2.45, 2.75) is 25.8 Å². The minimum atomic E-state index is -0.278. The second kappa shape index (κ2) is 9.92. The molecule has 1 aromatic heterocycles. The van der Waals surface area contributed by atoms with Crippen molar-refractivity contribution >= 4 is 11.8 Å². The monoisotopic (exact) mass is 385 g/mol. The van der Waals surface area contributed by atoms with Gasteiger partial charge in [-0.15, -0.1) is 0 Å². The fourth-order valence-corrected chi connectivity index (χ4v) is 3.35. The Bertz CT molecular complexity index is 798. The van der Waals surface area contributed by atoms with Gasteiger partial charge in [-0.1, -0.05) is 12.1 Å². The van der Waals surface area contributed by atoms with Gasteiger partial charge in [0.15, 0.2) is 17.6 Å². The fourth-order valence-electron chi connectivity index (χ4n) is 3.35. The van der Waals surface area contributed by atoms with E-state index in [1.807, 2.05) is 24.0 Å². The van der Waals surface area contributed by atoms with Gasteiger partial charge in [0.05, 0.1) is 6.61 Å². The summed E-state index contributed by atoms with van der Waals surface area (Å²) < 4.78 is 19.5. The number of aromatic nitrogens is 1. The third kappa shape index (κ3) is 5.34. The van der Waals surface area contributed by atoms with Crippen molar-refractivity contribution in [1.29, 1.82) is 0 Å². The molecule has 28 heavy (non-hydrogen) atoms. The summed E-state index contributed by atoms with van der Waals surface area (Å²) in [5.74, 6) is 1.80. The summed E-state index contributed by atoms with van der Waals surface area (Å²) in [5.41, 5.74) is 1.21. The molecule has 0 spiro atoms. The molecule has 2 heterocycles. The number of halogens is 1. The summed E-state index contributed by atoms with van der Waals surface area (Å²) in [7, 11) is 1.76.